The average molecular weight is 264 g/mol. The number of para-hydroxylation sites is 2. The maximum Gasteiger partial charge on any atom is 0.354 e. The molecule has 1 rings (SSSR count). The van der Waals surface area contributed by atoms with Crippen LogP contribution >= 0.6 is 0 Å². The van der Waals surface area contributed by atoms with Crippen molar-refractivity contribution in [2.45, 2.75) is 0 Å². The fourth-order valence-corrected chi connectivity index (χ4v) is 1.39. The quantitative estimate of drug-likeness (QED) is 0.618. The first-order valence-electron chi connectivity index (χ1n) is 5.54. The van der Waals surface area contributed by atoms with Crippen LogP contribution in [-0.2, 0) is 19.1 Å². The lowest BCUT2D eigenvalue weighted by molar-refractivity contribution is -0.138. The van der Waals surface area contributed by atoms with Crippen molar-refractivity contribution in [3.8, 4) is 0 Å². The van der Waals surface area contributed by atoms with Crippen molar-refractivity contribution < 1.29 is 19.1 Å². The van der Waals surface area contributed by atoms with E-state index in [-0.39, 0.29) is 5.70 Å². The van der Waals surface area contributed by atoms with E-state index in [1.54, 1.807) is 19.2 Å². The number of hydrogen-bond acceptors (Lipinski definition) is 6. The molecule has 0 aromatic heterocycles. The third-order valence-corrected chi connectivity index (χ3v) is 2.33. The Labute approximate surface area is 111 Å². The summed E-state index contributed by atoms with van der Waals surface area (Å²) >= 11 is 0. The molecular weight excluding hydrogens is 248 g/mol. The summed E-state index contributed by atoms with van der Waals surface area (Å²) in [5.74, 6) is -1.30. The second-order valence-electron chi connectivity index (χ2n) is 3.49. The summed E-state index contributed by atoms with van der Waals surface area (Å²) in [6.07, 6.45) is 1.04. The van der Waals surface area contributed by atoms with E-state index in [9.17, 15) is 9.59 Å². The lowest BCUT2D eigenvalue weighted by Crippen LogP contribution is -2.16. The Morgan fingerprint density at radius 1 is 1.11 bits per heavy atom. The van der Waals surface area contributed by atoms with Crippen LogP contribution in [0, 0.1) is 0 Å². The molecule has 0 spiro atoms. The van der Waals surface area contributed by atoms with E-state index in [1.807, 2.05) is 12.1 Å². The molecule has 102 valence electrons. The number of carbonyl (C=O) groups excluding carboxylic acids is 2. The number of benzene rings is 1. The van der Waals surface area contributed by atoms with Gasteiger partial charge in [0.25, 0.3) is 0 Å². The molecule has 0 heterocycles. The van der Waals surface area contributed by atoms with Gasteiger partial charge in [0.15, 0.2) is 0 Å². The topological polar surface area (TPSA) is 76.7 Å². The Balaban J connectivity index is 3.04. The van der Waals surface area contributed by atoms with E-state index in [0.29, 0.717) is 5.69 Å². The molecule has 0 radical (unpaired) electrons. The number of rotatable bonds is 5. The summed E-state index contributed by atoms with van der Waals surface area (Å²) in [6, 6.07) is 7.24. The summed E-state index contributed by atoms with van der Waals surface area (Å²) < 4.78 is 9.10. The Bertz CT molecular complexity index is 497. The molecule has 0 saturated heterocycles. The third kappa shape index (κ3) is 4.02. The van der Waals surface area contributed by atoms with Crippen LogP contribution in [-0.4, -0.2) is 33.2 Å². The second-order valence-corrected chi connectivity index (χ2v) is 3.49. The zero-order valence-corrected chi connectivity index (χ0v) is 11.0. The minimum atomic E-state index is -0.656. The van der Waals surface area contributed by atoms with Gasteiger partial charge in [0.05, 0.1) is 31.7 Å². The Morgan fingerprint density at radius 2 is 1.74 bits per heavy atom. The normalized spacial score (nSPS) is 10.6. The first kappa shape index (κ1) is 14.6. The molecule has 0 aliphatic rings. The largest absolute Gasteiger partial charge is 0.466 e. The van der Waals surface area contributed by atoms with Crippen LogP contribution in [0.5, 0.6) is 0 Å². The highest BCUT2D eigenvalue weighted by molar-refractivity contribution is 5.99. The van der Waals surface area contributed by atoms with Crippen LogP contribution in [0.3, 0.4) is 0 Å². The third-order valence-electron chi connectivity index (χ3n) is 2.33. The second kappa shape index (κ2) is 7.05. The van der Waals surface area contributed by atoms with Gasteiger partial charge in [-0.3, -0.25) is 0 Å². The Hall–Kier alpha value is -2.50. The smallest absolute Gasteiger partial charge is 0.354 e. The molecule has 0 bridgehead atoms. The summed E-state index contributed by atoms with van der Waals surface area (Å²) in [5.41, 5.74) is 1.42. The predicted molar refractivity (Wildman–Crippen MR) is 71.7 cm³/mol. The predicted octanol–water partition coefficient (Wildman–Crippen LogP) is 1.37. The number of carbonyl (C=O) groups is 2. The van der Waals surface area contributed by atoms with Gasteiger partial charge >= 0.3 is 11.9 Å². The van der Waals surface area contributed by atoms with Crippen LogP contribution < -0.4 is 10.6 Å². The maximum absolute atomic E-state index is 11.6. The molecule has 0 atom stereocenters. The Kier molecular flexibility index (Phi) is 5.40. The molecule has 1 aromatic rings. The average Bonchev–Trinajstić information content (AvgIpc) is 2.45. The highest BCUT2D eigenvalue weighted by Gasteiger charge is 2.13. The lowest BCUT2D eigenvalue weighted by atomic mass is 10.2. The number of hydrogen-bond donors (Lipinski definition) is 2. The van der Waals surface area contributed by atoms with Crippen LogP contribution in [0.1, 0.15) is 0 Å². The molecule has 0 aliphatic carbocycles. The van der Waals surface area contributed by atoms with Crippen molar-refractivity contribution in [1.82, 2.24) is 0 Å². The molecule has 0 unspecified atom stereocenters. The molecule has 6 nitrogen and oxygen atoms in total. The van der Waals surface area contributed by atoms with E-state index < -0.39 is 11.9 Å². The minimum Gasteiger partial charge on any atom is -0.466 e. The zero-order chi connectivity index (χ0) is 14.3. The monoisotopic (exact) mass is 264 g/mol. The van der Waals surface area contributed by atoms with E-state index in [0.717, 1.165) is 11.8 Å². The van der Waals surface area contributed by atoms with Crippen molar-refractivity contribution in [3.05, 3.63) is 36.0 Å². The molecule has 2 N–H and O–H groups in total. The van der Waals surface area contributed by atoms with Gasteiger partial charge in [-0.25, -0.2) is 9.59 Å². The van der Waals surface area contributed by atoms with E-state index >= 15 is 0 Å². The molecular formula is C13H16N2O4. The summed E-state index contributed by atoms with van der Waals surface area (Å²) in [6.45, 7) is 0. The standard InChI is InChI=1S/C13H16N2O4/c1-14-9-6-4-5-7-10(9)15-11(13(17)19-3)8-12(16)18-2/h4-8,14-15H,1-3H3/b11-8+. The molecule has 0 aliphatic heterocycles. The highest BCUT2D eigenvalue weighted by Crippen LogP contribution is 2.22. The zero-order valence-electron chi connectivity index (χ0n) is 11.0. The maximum atomic E-state index is 11.6. The van der Waals surface area contributed by atoms with Crippen molar-refractivity contribution in [2.75, 3.05) is 31.9 Å². The number of esters is 2. The van der Waals surface area contributed by atoms with E-state index in [1.165, 1.54) is 14.2 Å². The fraction of sp³-hybridized carbons (Fsp3) is 0.231. The van der Waals surface area contributed by atoms with Crippen LogP contribution in [0.25, 0.3) is 0 Å². The first-order chi connectivity index (χ1) is 9.12. The van der Waals surface area contributed by atoms with Crippen molar-refractivity contribution in [3.63, 3.8) is 0 Å². The van der Waals surface area contributed by atoms with Crippen LogP contribution in [0.2, 0.25) is 0 Å². The van der Waals surface area contributed by atoms with E-state index in [2.05, 4.69) is 20.1 Å². The van der Waals surface area contributed by atoms with Gasteiger partial charge in [-0.05, 0) is 12.1 Å². The Morgan fingerprint density at radius 3 is 2.26 bits per heavy atom. The molecule has 19 heavy (non-hydrogen) atoms. The lowest BCUT2D eigenvalue weighted by Gasteiger charge is -2.12. The first-order valence-corrected chi connectivity index (χ1v) is 5.54. The summed E-state index contributed by atoms with van der Waals surface area (Å²) in [4.78, 5) is 22.8. The fourth-order valence-electron chi connectivity index (χ4n) is 1.39. The van der Waals surface area contributed by atoms with Crippen molar-refractivity contribution in [2.24, 2.45) is 0 Å². The van der Waals surface area contributed by atoms with Gasteiger partial charge in [0.2, 0.25) is 0 Å². The van der Waals surface area contributed by atoms with Crippen LogP contribution in [0.4, 0.5) is 11.4 Å². The molecule has 0 saturated carbocycles. The van der Waals surface area contributed by atoms with Crippen molar-refractivity contribution in [1.29, 1.82) is 0 Å². The SMILES string of the molecule is CNc1ccccc1N/C(=C/C(=O)OC)C(=O)OC. The van der Waals surface area contributed by atoms with Gasteiger partial charge in [0.1, 0.15) is 5.70 Å². The number of methoxy groups -OCH3 is 2. The van der Waals surface area contributed by atoms with Gasteiger partial charge < -0.3 is 20.1 Å². The van der Waals surface area contributed by atoms with Gasteiger partial charge in [0, 0.05) is 7.05 Å². The molecule has 1 aromatic carbocycles. The summed E-state index contributed by atoms with van der Waals surface area (Å²) in [5, 5.41) is 5.80. The number of anilines is 2. The van der Waals surface area contributed by atoms with E-state index in [4.69, 9.17) is 0 Å². The molecule has 0 fully saturated rings. The van der Waals surface area contributed by atoms with Gasteiger partial charge in [-0.1, -0.05) is 12.1 Å². The van der Waals surface area contributed by atoms with Gasteiger partial charge in [-0.15, -0.1) is 0 Å². The van der Waals surface area contributed by atoms with Crippen molar-refractivity contribution >= 4 is 23.3 Å². The number of ether oxygens (including phenoxy) is 2. The van der Waals surface area contributed by atoms with Crippen LogP contribution in [0.15, 0.2) is 36.0 Å². The molecule has 0 amide bonds. The highest BCUT2D eigenvalue weighted by atomic mass is 16.5. The number of nitrogens with one attached hydrogen (secondary N) is 2. The minimum absolute atomic E-state index is 0.00273. The summed E-state index contributed by atoms with van der Waals surface area (Å²) in [7, 11) is 4.22. The molecule has 6 heteroatoms. The van der Waals surface area contributed by atoms with Gasteiger partial charge in [-0.2, -0.15) is 0 Å².